The summed E-state index contributed by atoms with van der Waals surface area (Å²) in [4.78, 5) is 113. The second-order valence-electron chi connectivity index (χ2n) is 21.8. The van der Waals surface area contributed by atoms with E-state index in [1.165, 1.54) is 19.3 Å². The molecule has 2 N–H and O–H groups in total. The number of nitrogens with one attached hydrogen (secondary N) is 2. The van der Waals surface area contributed by atoms with Crippen molar-refractivity contribution in [2.24, 2.45) is 5.92 Å². The number of nitrogens with zero attached hydrogens (tertiary/aromatic N) is 5. The number of ether oxygens (including phenoxy) is 3. The maximum absolute atomic E-state index is 14.3. The predicted octanol–water partition coefficient (Wildman–Crippen LogP) is 8.40. The Morgan fingerprint density at radius 2 is 1.17 bits per heavy atom. The maximum atomic E-state index is 14.3. The van der Waals surface area contributed by atoms with Crippen molar-refractivity contribution >= 4 is 75.4 Å². The first-order valence-electron chi connectivity index (χ1n) is 27.9. The molecule has 5 heterocycles. The molecule has 0 aromatic heterocycles. The number of anilines is 5. The predicted molar refractivity (Wildman–Crippen MR) is 310 cm³/mol. The van der Waals surface area contributed by atoms with Crippen LogP contribution < -0.4 is 44.4 Å². The number of ketones is 2. The second-order valence-corrected chi connectivity index (χ2v) is 21.8. The minimum absolute atomic E-state index is 0. The number of carbonyl (C=O) groups is 8. The van der Waals surface area contributed by atoms with Crippen LogP contribution in [0.15, 0.2) is 103 Å². The molecular weight excluding hydrogens is 1220 g/mol. The molecule has 0 aliphatic carbocycles. The third-order valence-corrected chi connectivity index (χ3v) is 15.8. The standard InChI is InChI=1S/C64H67N7O11.2Y/c1-38-24-49-53(67(4)34-46-29-43-14-7-10-18-51(43)70(46)63(49)78)32-56(38)81-36-41-26-42(37-82-58-33-54-50(31-57(58)80-6)64(79)71-47(35-68(54)5)30-44-15-8-11-19-52(44)71)28-45(27-41)66-62(77)39(2)25-55(73)40(3)65-59(74)20-12-9-16-48(72)17-13-23-69-60(75)21-22-61(69)76;;/h7-8,10-11,14-15,18-19,21-22,24,26-28,31-35,39-40,46-47H,9,12-13,16-17,20,23,25,29-30,36-37H2,1-6H3,(H,65,74)(H,66,77);;/q-2;;/t39?,40?,46-,47-;;/m0../s1. The Labute approximate surface area is 540 Å². The monoisotopic (exact) mass is 1290 g/mol. The molecule has 0 saturated heterocycles. The Kier molecular flexibility index (Phi) is 20.9. The number of Topliss-reactive ketones (excluding diaryl/α,β-unsaturated/α-hetero) is 2. The van der Waals surface area contributed by atoms with Gasteiger partial charge >= 0.3 is 0 Å². The second kappa shape index (κ2) is 27.6. The van der Waals surface area contributed by atoms with Crippen LogP contribution in [0.5, 0.6) is 17.2 Å². The van der Waals surface area contributed by atoms with Crippen LogP contribution in [-0.2, 0) is 120 Å². The van der Waals surface area contributed by atoms with Crippen molar-refractivity contribution in [3.8, 4) is 17.2 Å². The third kappa shape index (κ3) is 13.9. The van der Waals surface area contributed by atoms with Crippen molar-refractivity contribution in [3.05, 3.63) is 155 Å². The molecule has 5 aromatic carbocycles. The summed E-state index contributed by atoms with van der Waals surface area (Å²) in [6.07, 6.45) is 5.50. The van der Waals surface area contributed by atoms with Gasteiger partial charge in [-0.05, 0) is 130 Å². The average Bonchev–Trinajstić information content (AvgIpc) is 1.80. The van der Waals surface area contributed by atoms with Crippen molar-refractivity contribution in [3.63, 3.8) is 0 Å². The number of fused-ring (bicyclic) bond motifs is 8. The molecular formula is C64H67N7O11Y2-2. The number of imide groups is 1. The van der Waals surface area contributed by atoms with Gasteiger partial charge in [-0.1, -0.05) is 55.4 Å². The topological polar surface area (TPSA) is 205 Å². The minimum atomic E-state index is -0.866. The van der Waals surface area contributed by atoms with E-state index in [-0.39, 0.29) is 164 Å². The van der Waals surface area contributed by atoms with Crippen LogP contribution in [0.25, 0.3) is 0 Å². The minimum Gasteiger partial charge on any atom is -0.522 e. The molecule has 18 nitrogen and oxygen atoms in total. The Morgan fingerprint density at radius 1 is 0.643 bits per heavy atom. The molecule has 10 rings (SSSR count). The first-order valence-corrected chi connectivity index (χ1v) is 27.9. The average molecular weight is 1290 g/mol. The molecule has 5 aliphatic heterocycles. The van der Waals surface area contributed by atoms with E-state index < -0.39 is 17.9 Å². The Morgan fingerprint density at radius 3 is 1.75 bits per heavy atom. The molecule has 4 atom stereocenters. The molecule has 432 valence electrons. The molecule has 0 fully saturated rings. The molecule has 0 bridgehead atoms. The van der Waals surface area contributed by atoms with Gasteiger partial charge < -0.3 is 44.4 Å². The van der Waals surface area contributed by atoms with Gasteiger partial charge in [-0.2, -0.15) is 0 Å². The van der Waals surface area contributed by atoms with Gasteiger partial charge in [-0.3, -0.25) is 43.3 Å². The summed E-state index contributed by atoms with van der Waals surface area (Å²) in [5, 5.41) is 5.73. The fourth-order valence-corrected chi connectivity index (χ4v) is 11.5. The number of para-hydroxylation sites is 2. The molecule has 5 aliphatic rings. The van der Waals surface area contributed by atoms with Crippen molar-refractivity contribution in [1.29, 1.82) is 0 Å². The molecule has 0 spiro atoms. The zero-order chi connectivity index (χ0) is 57.9. The van der Waals surface area contributed by atoms with Crippen LogP contribution >= 0.6 is 0 Å². The summed E-state index contributed by atoms with van der Waals surface area (Å²) >= 11 is 0. The van der Waals surface area contributed by atoms with Crippen LogP contribution in [0.2, 0.25) is 0 Å². The van der Waals surface area contributed by atoms with E-state index in [4.69, 9.17) is 14.2 Å². The van der Waals surface area contributed by atoms with E-state index >= 15 is 0 Å². The molecule has 0 saturated carbocycles. The number of hydrogen-bond donors (Lipinski definition) is 2. The van der Waals surface area contributed by atoms with Crippen LogP contribution in [0, 0.1) is 25.9 Å². The zero-order valence-corrected chi connectivity index (χ0v) is 53.8. The Balaban J connectivity index is 0.00000460. The van der Waals surface area contributed by atoms with Gasteiger partial charge in [-0.15, -0.1) is 0 Å². The van der Waals surface area contributed by atoms with E-state index in [2.05, 4.69) is 23.2 Å². The van der Waals surface area contributed by atoms with E-state index in [1.807, 2.05) is 108 Å². The van der Waals surface area contributed by atoms with Crippen LogP contribution in [-0.4, -0.2) is 97.8 Å². The van der Waals surface area contributed by atoms with E-state index in [0.717, 1.165) is 33.0 Å². The summed E-state index contributed by atoms with van der Waals surface area (Å²) in [5.74, 6) is -1.60. The van der Waals surface area contributed by atoms with Gasteiger partial charge in [0.2, 0.25) is 11.8 Å². The van der Waals surface area contributed by atoms with Gasteiger partial charge in [0, 0.05) is 156 Å². The SMILES string of the molecule is COc1cc2c(cc1OCc1cc(COc3cc4c(cc3C)C(=O)N3c5ccccc5C[C@H]3[CH-]N4C)cc(NC(=O)C(C)CC(=O)C(C)NC(=O)CCCCC(=O)CCCN3C(=O)C=CC3=O)c1)N(C)[CH-][C@@H]1Cc3ccccc3N1C2=O.[Y].[Y]. The van der Waals surface area contributed by atoms with E-state index in [9.17, 15) is 38.4 Å². The number of rotatable bonds is 22. The summed E-state index contributed by atoms with van der Waals surface area (Å²) < 4.78 is 18.9. The van der Waals surface area contributed by atoms with Gasteiger partial charge in [0.1, 0.15) is 24.7 Å². The normalized spacial score (nSPS) is 17.0. The van der Waals surface area contributed by atoms with E-state index in [0.29, 0.717) is 88.7 Å². The molecule has 6 amide bonds. The molecule has 5 aromatic rings. The molecule has 20 heteroatoms. The molecule has 2 unspecified atom stereocenters. The maximum Gasteiger partial charge on any atom is 0.258 e. The Hall–Kier alpha value is -6.59. The Bertz CT molecular complexity index is 3420. The quantitative estimate of drug-likeness (QED) is 0.0380. The van der Waals surface area contributed by atoms with Crippen LogP contribution in [0.3, 0.4) is 0 Å². The number of unbranched alkanes of at least 4 members (excludes halogenated alkanes) is 1. The number of likely N-dealkylation sites (N-methyl/N-ethyl adjacent to an activating group) is 2. The zero-order valence-electron chi connectivity index (χ0n) is 48.1. The van der Waals surface area contributed by atoms with Crippen LogP contribution in [0.4, 0.5) is 28.4 Å². The molecule has 2 radical (unpaired) electrons. The number of methoxy groups -OCH3 is 1. The van der Waals surface area contributed by atoms with Gasteiger partial charge in [-0.25, -0.2) is 13.1 Å². The first kappa shape index (κ1) is 63.4. The number of hydrogen-bond acceptors (Lipinski definition) is 13. The third-order valence-electron chi connectivity index (χ3n) is 15.8. The number of carbonyl (C=O) groups excluding carboxylic acids is 8. The molecule has 84 heavy (non-hydrogen) atoms. The van der Waals surface area contributed by atoms with Crippen molar-refractivity contribution in [1.82, 2.24) is 10.2 Å². The van der Waals surface area contributed by atoms with E-state index in [1.54, 1.807) is 38.1 Å². The largest absolute Gasteiger partial charge is 0.522 e. The fraction of sp³-hybridized carbons (Fsp3) is 0.344. The van der Waals surface area contributed by atoms with Gasteiger partial charge in [0.15, 0.2) is 17.3 Å². The summed E-state index contributed by atoms with van der Waals surface area (Å²) in [7, 11) is 5.36. The van der Waals surface area contributed by atoms with Crippen molar-refractivity contribution < 1.29 is 118 Å². The van der Waals surface area contributed by atoms with Crippen LogP contribution in [0.1, 0.15) is 107 Å². The van der Waals surface area contributed by atoms with Gasteiger partial charge in [0.25, 0.3) is 23.6 Å². The summed E-state index contributed by atoms with van der Waals surface area (Å²) in [6.45, 7) is 9.48. The number of amides is 6. The smallest absolute Gasteiger partial charge is 0.258 e. The van der Waals surface area contributed by atoms with Crippen molar-refractivity contribution in [2.45, 2.75) is 110 Å². The number of aryl methyl sites for hydroxylation is 1. The fourth-order valence-electron chi connectivity index (χ4n) is 11.5. The summed E-state index contributed by atoms with van der Waals surface area (Å²) in [6, 6.07) is 27.5. The summed E-state index contributed by atoms with van der Waals surface area (Å²) in [5.41, 5.74) is 8.92. The van der Waals surface area contributed by atoms with Crippen molar-refractivity contribution in [2.75, 3.05) is 52.7 Å². The number of benzene rings is 5. The van der Waals surface area contributed by atoms with Gasteiger partial charge in [0.05, 0.1) is 24.3 Å². The first-order chi connectivity index (χ1) is 39.4.